The highest BCUT2D eigenvalue weighted by Crippen LogP contribution is 2.19. The number of aliphatic imine (C=N–C) groups is 1. The van der Waals surface area contributed by atoms with Gasteiger partial charge in [-0.25, -0.2) is 8.78 Å². The van der Waals surface area contributed by atoms with E-state index in [9.17, 15) is 8.78 Å². The molecule has 0 spiro atoms. The van der Waals surface area contributed by atoms with Crippen molar-refractivity contribution in [2.45, 2.75) is 32.9 Å². The van der Waals surface area contributed by atoms with Gasteiger partial charge < -0.3 is 5.32 Å². The molecule has 1 saturated heterocycles. The largest absolute Gasteiger partial charge is 0.362 e. The standard InChI is InChI=1S/C14H18F2N2S/c1-9(2)13-5-6-19-14(18-13)17-8-10-3-4-11(15)7-12(10)16/h3-4,7,9,13H,5-6,8H2,1-2H3,(H,17,18). The van der Waals surface area contributed by atoms with Crippen molar-refractivity contribution in [3.63, 3.8) is 0 Å². The van der Waals surface area contributed by atoms with Gasteiger partial charge in [-0.3, -0.25) is 4.99 Å². The molecule has 1 unspecified atom stereocenters. The van der Waals surface area contributed by atoms with Crippen LogP contribution in [0.5, 0.6) is 0 Å². The number of nitrogens with one attached hydrogen (secondary N) is 1. The highest BCUT2D eigenvalue weighted by atomic mass is 32.2. The molecule has 1 N–H and O–H groups in total. The Bertz CT molecular complexity index is 475. The Kier molecular flexibility index (Phi) is 4.80. The molecule has 2 nitrogen and oxygen atoms in total. The van der Waals surface area contributed by atoms with Crippen molar-refractivity contribution in [3.05, 3.63) is 35.4 Å². The summed E-state index contributed by atoms with van der Waals surface area (Å²) in [6, 6.07) is 4.03. The zero-order valence-corrected chi connectivity index (χ0v) is 11.9. The lowest BCUT2D eigenvalue weighted by atomic mass is 10.0. The van der Waals surface area contributed by atoms with Gasteiger partial charge in [-0.05, 0) is 18.4 Å². The highest BCUT2D eigenvalue weighted by molar-refractivity contribution is 8.13. The molecule has 19 heavy (non-hydrogen) atoms. The van der Waals surface area contributed by atoms with Gasteiger partial charge in [0.1, 0.15) is 11.6 Å². The molecule has 0 amide bonds. The van der Waals surface area contributed by atoms with Gasteiger partial charge in [-0.2, -0.15) is 0 Å². The lowest BCUT2D eigenvalue weighted by molar-refractivity contribution is 0.442. The van der Waals surface area contributed by atoms with Crippen LogP contribution < -0.4 is 5.32 Å². The number of rotatable bonds is 3. The second kappa shape index (κ2) is 6.37. The van der Waals surface area contributed by atoms with E-state index >= 15 is 0 Å². The summed E-state index contributed by atoms with van der Waals surface area (Å²) in [6.07, 6.45) is 1.12. The fraction of sp³-hybridized carbons (Fsp3) is 0.500. The van der Waals surface area contributed by atoms with Gasteiger partial charge in [0.15, 0.2) is 5.17 Å². The first kappa shape index (κ1) is 14.3. The van der Waals surface area contributed by atoms with Gasteiger partial charge in [-0.15, -0.1) is 0 Å². The fourth-order valence-corrected chi connectivity index (χ4v) is 2.91. The Labute approximate surface area is 116 Å². The summed E-state index contributed by atoms with van der Waals surface area (Å²) in [6.45, 7) is 4.59. The highest BCUT2D eigenvalue weighted by Gasteiger charge is 2.20. The minimum absolute atomic E-state index is 0.242. The van der Waals surface area contributed by atoms with Gasteiger partial charge in [-0.1, -0.05) is 31.7 Å². The van der Waals surface area contributed by atoms with Crippen LogP contribution in [0.25, 0.3) is 0 Å². The molecular weight excluding hydrogens is 266 g/mol. The predicted molar refractivity (Wildman–Crippen MR) is 76.3 cm³/mol. The first-order valence-corrected chi connectivity index (χ1v) is 7.42. The Morgan fingerprint density at radius 2 is 2.21 bits per heavy atom. The van der Waals surface area contributed by atoms with Crippen LogP contribution in [0, 0.1) is 17.6 Å². The number of benzene rings is 1. The van der Waals surface area contributed by atoms with Crippen molar-refractivity contribution >= 4 is 16.9 Å². The van der Waals surface area contributed by atoms with Crippen LogP contribution in [-0.2, 0) is 6.54 Å². The van der Waals surface area contributed by atoms with Gasteiger partial charge in [0.25, 0.3) is 0 Å². The quantitative estimate of drug-likeness (QED) is 0.917. The Balaban J connectivity index is 2.01. The number of halogens is 2. The molecule has 1 aromatic carbocycles. The van der Waals surface area contributed by atoms with Crippen LogP contribution in [-0.4, -0.2) is 17.0 Å². The van der Waals surface area contributed by atoms with Gasteiger partial charge in [0.2, 0.25) is 0 Å². The summed E-state index contributed by atoms with van der Waals surface area (Å²) in [5, 5.41) is 4.23. The average Bonchev–Trinajstić information content (AvgIpc) is 2.38. The molecule has 1 aromatic rings. The summed E-state index contributed by atoms with van der Waals surface area (Å²) in [5.74, 6) is 0.485. The molecule has 0 aliphatic carbocycles. The third-order valence-electron chi connectivity index (χ3n) is 3.19. The molecule has 1 atom stereocenters. The van der Waals surface area contributed by atoms with E-state index in [1.54, 1.807) is 11.8 Å². The zero-order chi connectivity index (χ0) is 13.8. The van der Waals surface area contributed by atoms with E-state index in [1.165, 1.54) is 12.1 Å². The van der Waals surface area contributed by atoms with E-state index in [4.69, 9.17) is 0 Å². The summed E-state index contributed by atoms with van der Waals surface area (Å²) < 4.78 is 26.3. The first-order valence-electron chi connectivity index (χ1n) is 6.44. The van der Waals surface area contributed by atoms with Crippen molar-refractivity contribution in [3.8, 4) is 0 Å². The number of thioether (sulfide) groups is 1. The van der Waals surface area contributed by atoms with Crippen molar-refractivity contribution < 1.29 is 8.78 Å². The summed E-state index contributed by atoms with van der Waals surface area (Å²) in [5.41, 5.74) is 0.419. The molecule has 0 aromatic heterocycles. The van der Waals surface area contributed by atoms with Crippen LogP contribution in [0.15, 0.2) is 23.2 Å². The van der Waals surface area contributed by atoms with Crippen LogP contribution in [0.3, 0.4) is 0 Å². The Hall–Kier alpha value is -1.10. The zero-order valence-electron chi connectivity index (χ0n) is 11.1. The van der Waals surface area contributed by atoms with E-state index in [0.29, 0.717) is 17.5 Å². The molecule has 2 rings (SSSR count). The molecule has 0 radical (unpaired) electrons. The Morgan fingerprint density at radius 3 is 2.89 bits per heavy atom. The molecule has 0 saturated carbocycles. The van der Waals surface area contributed by atoms with Gasteiger partial charge in [0.05, 0.1) is 6.54 Å². The van der Waals surface area contributed by atoms with E-state index < -0.39 is 11.6 Å². The molecule has 1 aliphatic heterocycles. The van der Waals surface area contributed by atoms with Crippen LogP contribution in [0.2, 0.25) is 0 Å². The van der Waals surface area contributed by atoms with E-state index in [2.05, 4.69) is 24.2 Å². The second-order valence-corrected chi connectivity index (χ2v) is 6.07. The van der Waals surface area contributed by atoms with E-state index in [1.807, 2.05) is 0 Å². The molecule has 1 heterocycles. The lowest BCUT2D eigenvalue weighted by Crippen LogP contribution is -2.41. The minimum Gasteiger partial charge on any atom is -0.362 e. The lowest BCUT2D eigenvalue weighted by Gasteiger charge is -2.28. The summed E-state index contributed by atoms with van der Waals surface area (Å²) in [7, 11) is 0. The van der Waals surface area contributed by atoms with Gasteiger partial charge >= 0.3 is 0 Å². The average molecular weight is 284 g/mol. The minimum atomic E-state index is -0.557. The Morgan fingerprint density at radius 1 is 1.42 bits per heavy atom. The fourth-order valence-electron chi connectivity index (χ4n) is 1.95. The summed E-state index contributed by atoms with van der Waals surface area (Å²) >= 11 is 1.65. The number of amidine groups is 1. The second-order valence-electron chi connectivity index (χ2n) is 4.99. The maximum Gasteiger partial charge on any atom is 0.157 e. The number of nitrogens with zero attached hydrogens (tertiary/aromatic N) is 1. The number of hydrogen-bond acceptors (Lipinski definition) is 2. The molecule has 1 fully saturated rings. The molecule has 5 heteroatoms. The SMILES string of the molecule is CC(C)C1CCSC(=NCc2ccc(F)cc2F)N1. The summed E-state index contributed by atoms with van der Waals surface area (Å²) in [4.78, 5) is 4.38. The van der Waals surface area contributed by atoms with Crippen molar-refractivity contribution in [2.24, 2.45) is 10.9 Å². The van der Waals surface area contributed by atoms with Crippen molar-refractivity contribution in [1.82, 2.24) is 5.32 Å². The maximum atomic E-state index is 13.5. The third kappa shape index (κ3) is 3.93. The molecular formula is C14H18F2N2S. The smallest absolute Gasteiger partial charge is 0.157 e. The van der Waals surface area contributed by atoms with Crippen LogP contribution in [0.1, 0.15) is 25.8 Å². The van der Waals surface area contributed by atoms with Crippen molar-refractivity contribution in [1.29, 1.82) is 0 Å². The van der Waals surface area contributed by atoms with Gasteiger partial charge in [0, 0.05) is 23.4 Å². The van der Waals surface area contributed by atoms with Crippen LogP contribution in [0.4, 0.5) is 8.78 Å². The topological polar surface area (TPSA) is 24.4 Å². The van der Waals surface area contributed by atoms with E-state index in [0.717, 1.165) is 23.4 Å². The van der Waals surface area contributed by atoms with Crippen molar-refractivity contribution in [2.75, 3.05) is 5.75 Å². The van der Waals surface area contributed by atoms with E-state index in [-0.39, 0.29) is 6.54 Å². The third-order valence-corrected chi connectivity index (χ3v) is 4.15. The monoisotopic (exact) mass is 284 g/mol. The van der Waals surface area contributed by atoms with Crippen LogP contribution >= 0.6 is 11.8 Å². The normalized spacial score (nSPS) is 21.7. The molecule has 104 valence electrons. The molecule has 0 bridgehead atoms. The predicted octanol–water partition coefficient (Wildman–Crippen LogP) is 3.57. The maximum absolute atomic E-state index is 13.5. The molecule has 1 aliphatic rings. The number of hydrogen-bond donors (Lipinski definition) is 1. The first-order chi connectivity index (χ1) is 9.06.